The number of nitrogens with two attached hydrogens (primary N) is 1. The molecular formula is C14H21N3O3. The van der Waals surface area contributed by atoms with Crippen LogP contribution in [0.4, 0.5) is 5.69 Å². The minimum Gasteiger partial charge on any atom is -0.491 e. The molecule has 0 aliphatic heterocycles. The quantitative estimate of drug-likeness (QED) is 0.757. The molecule has 0 atom stereocenters. The molecule has 0 aromatic heterocycles. The van der Waals surface area contributed by atoms with Gasteiger partial charge < -0.3 is 20.7 Å². The van der Waals surface area contributed by atoms with Crippen molar-refractivity contribution in [1.29, 1.82) is 0 Å². The highest BCUT2D eigenvalue weighted by atomic mass is 16.5. The molecule has 0 saturated heterocycles. The second-order valence-electron chi connectivity index (χ2n) is 4.27. The van der Waals surface area contributed by atoms with E-state index in [1.807, 2.05) is 13.8 Å². The summed E-state index contributed by atoms with van der Waals surface area (Å²) in [6.07, 6.45) is 0. The molecule has 20 heavy (non-hydrogen) atoms. The summed E-state index contributed by atoms with van der Waals surface area (Å²) in [5.41, 5.74) is 6.59. The average molecular weight is 279 g/mol. The number of nitrogens with zero attached hydrogens (tertiary/aromatic N) is 1. The van der Waals surface area contributed by atoms with Gasteiger partial charge in [0.05, 0.1) is 24.4 Å². The average Bonchev–Trinajstić information content (AvgIpc) is 2.40. The van der Waals surface area contributed by atoms with E-state index in [9.17, 15) is 9.59 Å². The molecular weight excluding hydrogens is 258 g/mol. The van der Waals surface area contributed by atoms with Crippen LogP contribution in [-0.4, -0.2) is 43.5 Å². The lowest BCUT2D eigenvalue weighted by Gasteiger charge is -2.19. The van der Waals surface area contributed by atoms with Gasteiger partial charge in [-0.05, 0) is 26.0 Å². The molecule has 0 heterocycles. The van der Waals surface area contributed by atoms with Gasteiger partial charge in [-0.2, -0.15) is 0 Å². The summed E-state index contributed by atoms with van der Waals surface area (Å²) in [6.45, 7) is 4.58. The fourth-order valence-electron chi connectivity index (χ4n) is 1.77. The number of benzene rings is 1. The number of hydrogen-bond acceptors (Lipinski definition) is 4. The van der Waals surface area contributed by atoms with Crippen LogP contribution in [0.1, 0.15) is 24.2 Å². The first-order valence-electron chi connectivity index (χ1n) is 6.54. The number of ether oxygens (including phenoxy) is 1. The Morgan fingerprint density at radius 3 is 2.65 bits per heavy atom. The first kappa shape index (κ1) is 15.8. The van der Waals surface area contributed by atoms with Crippen molar-refractivity contribution in [2.45, 2.75) is 13.8 Å². The molecule has 1 aromatic carbocycles. The molecule has 0 saturated carbocycles. The lowest BCUT2D eigenvalue weighted by molar-refractivity contribution is -0.121. The van der Waals surface area contributed by atoms with Gasteiger partial charge >= 0.3 is 0 Å². The standard InChI is InChI=1S/C14H21N3O3/c1-4-16-12(18)9-17(3)14(19)10-7-6-8-11(15)13(10)20-5-2/h6-8H,4-5,9,15H2,1-3H3,(H,16,18). The van der Waals surface area contributed by atoms with Crippen LogP contribution in [0.5, 0.6) is 5.75 Å². The van der Waals surface area contributed by atoms with Crippen molar-refractivity contribution in [1.82, 2.24) is 10.2 Å². The van der Waals surface area contributed by atoms with E-state index in [0.717, 1.165) is 0 Å². The zero-order chi connectivity index (χ0) is 15.1. The number of carbonyl (C=O) groups excluding carboxylic acids is 2. The summed E-state index contributed by atoms with van der Waals surface area (Å²) in [5, 5.41) is 2.65. The molecule has 1 rings (SSSR count). The van der Waals surface area contributed by atoms with Crippen molar-refractivity contribution < 1.29 is 14.3 Å². The number of likely N-dealkylation sites (N-methyl/N-ethyl adjacent to an activating group) is 2. The third-order valence-electron chi connectivity index (χ3n) is 2.67. The first-order chi connectivity index (χ1) is 9.51. The number of rotatable bonds is 6. The molecule has 0 spiro atoms. The number of carbonyl (C=O) groups is 2. The summed E-state index contributed by atoms with van der Waals surface area (Å²) in [4.78, 5) is 25.2. The van der Waals surface area contributed by atoms with E-state index in [1.54, 1.807) is 25.2 Å². The number of amides is 2. The van der Waals surface area contributed by atoms with Gasteiger partial charge in [0.15, 0.2) is 5.75 Å². The Balaban J connectivity index is 2.91. The van der Waals surface area contributed by atoms with Crippen LogP contribution in [-0.2, 0) is 4.79 Å². The second kappa shape index (κ2) is 7.37. The number of nitrogens with one attached hydrogen (secondary N) is 1. The van der Waals surface area contributed by atoms with Crippen LogP contribution in [0.15, 0.2) is 18.2 Å². The van der Waals surface area contributed by atoms with E-state index in [0.29, 0.717) is 30.2 Å². The minimum atomic E-state index is -0.299. The Labute approximate surface area is 118 Å². The van der Waals surface area contributed by atoms with Gasteiger partial charge in [-0.15, -0.1) is 0 Å². The number of anilines is 1. The van der Waals surface area contributed by atoms with E-state index in [4.69, 9.17) is 10.5 Å². The minimum absolute atomic E-state index is 0.00691. The number of nitrogen functional groups attached to an aromatic ring is 1. The van der Waals surface area contributed by atoms with Crippen LogP contribution < -0.4 is 15.8 Å². The Morgan fingerprint density at radius 2 is 2.05 bits per heavy atom. The molecule has 0 bridgehead atoms. The SMILES string of the molecule is CCNC(=O)CN(C)C(=O)c1cccc(N)c1OCC. The Bertz CT molecular complexity index is 489. The molecule has 3 N–H and O–H groups in total. The monoisotopic (exact) mass is 279 g/mol. The largest absolute Gasteiger partial charge is 0.491 e. The Morgan fingerprint density at radius 1 is 1.35 bits per heavy atom. The fraction of sp³-hybridized carbons (Fsp3) is 0.429. The predicted octanol–water partition coefficient (Wildman–Crippen LogP) is 0.876. The van der Waals surface area contributed by atoms with Crippen molar-refractivity contribution in [3.05, 3.63) is 23.8 Å². The lowest BCUT2D eigenvalue weighted by Crippen LogP contribution is -2.38. The molecule has 0 aliphatic rings. The second-order valence-corrected chi connectivity index (χ2v) is 4.27. The van der Waals surface area contributed by atoms with Gasteiger partial charge in [-0.3, -0.25) is 9.59 Å². The topological polar surface area (TPSA) is 84.7 Å². The van der Waals surface area contributed by atoms with Gasteiger partial charge in [-0.25, -0.2) is 0 Å². The van der Waals surface area contributed by atoms with Crippen LogP contribution in [0, 0.1) is 0 Å². The van der Waals surface area contributed by atoms with Crippen LogP contribution in [0.25, 0.3) is 0 Å². The molecule has 0 fully saturated rings. The maximum atomic E-state index is 12.3. The summed E-state index contributed by atoms with van der Waals surface area (Å²) >= 11 is 0. The van der Waals surface area contributed by atoms with Crippen LogP contribution in [0.3, 0.4) is 0 Å². The molecule has 0 aliphatic carbocycles. The van der Waals surface area contributed by atoms with Crippen molar-refractivity contribution in [3.8, 4) is 5.75 Å². The molecule has 1 aromatic rings. The molecule has 110 valence electrons. The summed E-state index contributed by atoms with van der Waals surface area (Å²) < 4.78 is 5.42. The van der Waals surface area contributed by atoms with E-state index < -0.39 is 0 Å². The van der Waals surface area contributed by atoms with Crippen molar-refractivity contribution in [2.24, 2.45) is 0 Å². The van der Waals surface area contributed by atoms with Crippen molar-refractivity contribution >= 4 is 17.5 Å². The highest BCUT2D eigenvalue weighted by Crippen LogP contribution is 2.27. The number of para-hydroxylation sites is 1. The molecule has 6 nitrogen and oxygen atoms in total. The Kier molecular flexibility index (Phi) is 5.83. The fourth-order valence-corrected chi connectivity index (χ4v) is 1.77. The van der Waals surface area contributed by atoms with Crippen molar-refractivity contribution in [2.75, 3.05) is 32.5 Å². The van der Waals surface area contributed by atoms with Crippen LogP contribution >= 0.6 is 0 Å². The van der Waals surface area contributed by atoms with E-state index in [1.165, 1.54) is 4.90 Å². The van der Waals surface area contributed by atoms with Gasteiger partial charge in [0.1, 0.15) is 0 Å². The third-order valence-corrected chi connectivity index (χ3v) is 2.67. The summed E-state index contributed by atoms with van der Waals surface area (Å²) in [6, 6.07) is 4.99. The lowest BCUT2D eigenvalue weighted by atomic mass is 10.1. The van der Waals surface area contributed by atoms with Gasteiger partial charge in [0, 0.05) is 13.6 Å². The maximum absolute atomic E-state index is 12.3. The third kappa shape index (κ3) is 3.88. The van der Waals surface area contributed by atoms with E-state index in [-0.39, 0.29) is 18.4 Å². The highest BCUT2D eigenvalue weighted by molar-refractivity contribution is 6.00. The van der Waals surface area contributed by atoms with E-state index >= 15 is 0 Å². The van der Waals surface area contributed by atoms with Gasteiger partial charge in [0.2, 0.25) is 5.91 Å². The zero-order valence-corrected chi connectivity index (χ0v) is 12.1. The maximum Gasteiger partial charge on any atom is 0.257 e. The number of hydrogen-bond donors (Lipinski definition) is 2. The molecule has 0 unspecified atom stereocenters. The van der Waals surface area contributed by atoms with Gasteiger partial charge in [0.25, 0.3) is 5.91 Å². The van der Waals surface area contributed by atoms with Crippen LogP contribution in [0.2, 0.25) is 0 Å². The van der Waals surface area contributed by atoms with E-state index in [2.05, 4.69) is 5.32 Å². The predicted molar refractivity (Wildman–Crippen MR) is 77.7 cm³/mol. The molecule has 6 heteroatoms. The summed E-state index contributed by atoms with van der Waals surface area (Å²) in [7, 11) is 1.57. The summed E-state index contributed by atoms with van der Waals surface area (Å²) in [5.74, 6) is -0.139. The highest BCUT2D eigenvalue weighted by Gasteiger charge is 2.20. The Hall–Kier alpha value is -2.24. The van der Waals surface area contributed by atoms with Crippen molar-refractivity contribution in [3.63, 3.8) is 0 Å². The normalized spacial score (nSPS) is 9.95. The molecule has 2 amide bonds. The first-order valence-corrected chi connectivity index (χ1v) is 6.54. The van der Waals surface area contributed by atoms with Gasteiger partial charge in [-0.1, -0.05) is 6.07 Å². The molecule has 0 radical (unpaired) electrons. The zero-order valence-electron chi connectivity index (χ0n) is 12.1. The smallest absolute Gasteiger partial charge is 0.257 e.